The molecule has 0 radical (unpaired) electrons. The molecule has 2 heterocycles. The van der Waals surface area contributed by atoms with E-state index in [2.05, 4.69) is 15.3 Å². The molecule has 2 aromatic rings. The molecule has 1 aliphatic rings. The second-order valence-electron chi connectivity index (χ2n) is 4.98. The first-order chi connectivity index (χ1) is 9.74. The molecule has 3 rings (SSSR count). The molecule has 3 N–H and O–H groups in total. The van der Waals surface area contributed by atoms with Gasteiger partial charge in [-0.05, 0) is 30.9 Å². The fraction of sp³-hybridized carbons (Fsp3) is 0.357. The van der Waals surface area contributed by atoms with Gasteiger partial charge in [0.05, 0.1) is 6.20 Å². The number of aromatic nitrogens is 2. The Bertz CT molecular complexity index is 594. The quantitative estimate of drug-likeness (QED) is 0.877. The van der Waals surface area contributed by atoms with Crippen LogP contribution in [-0.2, 0) is 0 Å². The summed E-state index contributed by atoms with van der Waals surface area (Å²) < 4.78 is 0. The van der Waals surface area contributed by atoms with Gasteiger partial charge in [0.15, 0.2) is 0 Å². The lowest BCUT2D eigenvalue weighted by atomic mass is 10.2. The average molecular weight is 288 g/mol. The summed E-state index contributed by atoms with van der Waals surface area (Å²) in [4.78, 5) is 20.9. The summed E-state index contributed by atoms with van der Waals surface area (Å²) in [7, 11) is 0. The molecule has 1 atom stereocenters. The van der Waals surface area contributed by atoms with Crippen LogP contribution in [-0.4, -0.2) is 28.5 Å². The molecule has 1 aliphatic carbocycles. The van der Waals surface area contributed by atoms with Gasteiger partial charge in [-0.3, -0.25) is 9.78 Å². The van der Waals surface area contributed by atoms with Gasteiger partial charge in [0.2, 0.25) is 0 Å². The number of amides is 1. The maximum Gasteiger partial charge on any atom is 0.263 e. The van der Waals surface area contributed by atoms with E-state index in [4.69, 9.17) is 5.73 Å². The highest BCUT2D eigenvalue weighted by molar-refractivity contribution is 7.16. The zero-order chi connectivity index (χ0) is 13.9. The molecule has 5 nitrogen and oxygen atoms in total. The van der Waals surface area contributed by atoms with Crippen LogP contribution in [0.25, 0.3) is 10.6 Å². The number of nitrogens with one attached hydrogen (secondary N) is 1. The van der Waals surface area contributed by atoms with Gasteiger partial charge in [0.25, 0.3) is 5.91 Å². The van der Waals surface area contributed by atoms with Crippen LogP contribution in [0.1, 0.15) is 22.5 Å². The maximum absolute atomic E-state index is 12.0. The number of nitrogens with zero attached hydrogens (tertiary/aromatic N) is 2. The maximum atomic E-state index is 12.0. The fourth-order valence-electron chi connectivity index (χ4n) is 2.00. The molecule has 6 heteroatoms. The zero-order valence-electron chi connectivity index (χ0n) is 11.0. The van der Waals surface area contributed by atoms with Crippen molar-refractivity contribution in [3.63, 3.8) is 0 Å². The third kappa shape index (κ3) is 3.02. The molecule has 1 fully saturated rings. The number of thiazole rings is 1. The van der Waals surface area contributed by atoms with E-state index in [1.165, 1.54) is 24.2 Å². The average Bonchev–Trinajstić information content (AvgIpc) is 3.22. The Labute approximate surface area is 121 Å². The normalized spacial score (nSPS) is 15.8. The molecule has 1 amide bonds. The van der Waals surface area contributed by atoms with Crippen LogP contribution >= 0.6 is 11.3 Å². The van der Waals surface area contributed by atoms with Crippen molar-refractivity contribution < 1.29 is 4.79 Å². The SMILES string of the molecule is NC(CNC(=O)c1cnc(-c2ccncc2)s1)C1CC1. The minimum atomic E-state index is -0.0982. The summed E-state index contributed by atoms with van der Waals surface area (Å²) in [5, 5.41) is 3.70. The minimum Gasteiger partial charge on any atom is -0.350 e. The highest BCUT2D eigenvalue weighted by Gasteiger charge is 2.28. The van der Waals surface area contributed by atoms with Gasteiger partial charge < -0.3 is 11.1 Å². The predicted molar refractivity (Wildman–Crippen MR) is 78.4 cm³/mol. The van der Waals surface area contributed by atoms with Crippen molar-refractivity contribution in [2.75, 3.05) is 6.54 Å². The monoisotopic (exact) mass is 288 g/mol. The molecule has 0 aromatic carbocycles. The van der Waals surface area contributed by atoms with Crippen LogP contribution in [0.5, 0.6) is 0 Å². The van der Waals surface area contributed by atoms with Gasteiger partial charge in [-0.2, -0.15) is 0 Å². The molecule has 0 spiro atoms. The fourth-order valence-corrected chi connectivity index (χ4v) is 2.83. The van der Waals surface area contributed by atoms with Crippen LogP contribution in [0, 0.1) is 5.92 Å². The minimum absolute atomic E-state index is 0.0755. The van der Waals surface area contributed by atoms with E-state index in [1.54, 1.807) is 18.6 Å². The summed E-state index contributed by atoms with van der Waals surface area (Å²) in [6.07, 6.45) is 7.41. The Balaban J connectivity index is 1.62. The number of carbonyl (C=O) groups excluding carboxylic acids is 1. The van der Waals surface area contributed by atoms with Crippen LogP contribution in [0.4, 0.5) is 0 Å². The first kappa shape index (κ1) is 13.2. The van der Waals surface area contributed by atoms with Gasteiger partial charge in [-0.1, -0.05) is 0 Å². The number of carbonyl (C=O) groups is 1. The lowest BCUT2D eigenvalue weighted by Crippen LogP contribution is -2.38. The van der Waals surface area contributed by atoms with Gasteiger partial charge >= 0.3 is 0 Å². The lowest BCUT2D eigenvalue weighted by molar-refractivity contribution is 0.0954. The molecular formula is C14H16N4OS. The Kier molecular flexibility index (Phi) is 3.75. The summed E-state index contributed by atoms with van der Waals surface area (Å²) in [6, 6.07) is 3.83. The first-order valence-corrected chi connectivity index (χ1v) is 7.45. The molecule has 20 heavy (non-hydrogen) atoms. The second-order valence-corrected chi connectivity index (χ2v) is 6.01. The zero-order valence-corrected chi connectivity index (χ0v) is 11.8. The van der Waals surface area contributed by atoms with Gasteiger partial charge in [0, 0.05) is 30.5 Å². The van der Waals surface area contributed by atoms with E-state index in [0.29, 0.717) is 17.3 Å². The molecule has 1 unspecified atom stereocenters. The Morgan fingerprint density at radius 2 is 2.20 bits per heavy atom. The van der Waals surface area contributed by atoms with Crippen molar-refractivity contribution in [3.05, 3.63) is 35.6 Å². The van der Waals surface area contributed by atoms with E-state index >= 15 is 0 Å². The van der Waals surface area contributed by atoms with Crippen molar-refractivity contribution in [1.29, 1.82) is 0 Å². The number of hydrogen-bond acceptors (Lipinski definition) is 5. The molecule has 104 valence electrons. The Morgan fingerprint density at radius 1 is 1.45 bits per heavy atom. The van der Waals surface area contributed by atoms with E-state index in [0.717, 1.165) is 10.6 Å². The summed E-state index contributed by atoms with van der Waals surface area (Å²) in [6.45, 7) is 0.534. The number of hydrogen-bond donors (Lipinski definition) is 2. The molecule has 0 saturated heterocycles. The van der Waals surface area contributed by atoms with E-state index in [-0.39, 0.29) is 11.9 Å². The Morgan fingerprint density at radius 3 is 2.90 bits per heavy atom. The summed E-state index contributed by atoms with van der Waals surface area (Å²) in [5.74, 6) is 0.489. The third-order valence-electron chi connectivity index (χ3n) is 3.38. The van der Waals surface area contributed by atoms with Crippen LogP contribution in [0.15, 0.2) is 30.7 Å². The van der Waals surface area contributed by atoms with Gasteiger partial charge in [-0.25, -0.2) is 4.98 Å². The first-order valence-electron chi connectivity index (χ1n) is 6.64. The van der Waals surface area contributed by atoms with E-state index in [1.807, 2.05) is 12.1 Å². The van der Waals surface area contributed by atoms with Crippen molar-refractivity contribution in [2.45, 2.75) is 18.9 Å². The molecule has 0 aliphatic heterocycles. The van der Waals surface area contributed by atoms with Crippen molar-refractivity contribution in [2.24, 2.45) is 11.7 Å². The highest BCUT2D eigenvalue weighted by atomic mass is 32.1. The van der Waals surface area contributed by atoms with Gasteiger partial charge in [0.1, 0.15) is 9.88 Å². The largest absolute Gasteiger partial charge is 0.350 e. The second kappa shape index (κ2) is 5.68. The van der Waals surface area contributed by atoms with E-state index in [9.17, 15) is 4.79 Å². The number of rotatable bonds is 5. The van der Waals surface area contributed by atoms with E-state index < -0.39 is 0 Å². The summed E-state index contributed by atoms with van der Waals surface area (Å²) >= 11 is 1.38. The van der Waals surface area contributed by atoms with Gasteiger partial charge in [-0.15, -0.1) is 11.3 Å². The molecule has 2 aromatic heterocycles. The standard InChI is InChI=1S/C14H16N4OS/c15-11(9-1-2-9)7-17-13(19)12-8-18-14(20-12)10-3-5-16-6-4-10/h3-6,8-9,11H,1-2,7,15H2,(H,17,19). The van der Waals surface area contributed by atoms with Crippen LogP contribution < -0.4 is 11.1 Å². The topological polar surface area (TPSA) is 80.9 Å². The molecular weight excluding hydrogens is 272 g/mol. The van der Waals surface area contributed by atoms with Crippen molar-refractivity contribution >= 4 is 17.2 Å². The van der Waals surface area contributed by atoms with Crippen LogP contribution in [0.3, 0.4) is 0 Å². The summed E-state index contributed by atoms with van der Waals surface area (Å²) in [5.41, 5.74) is 6.94. The predicted octanol–water partition coefficient (Wildman–Crippen LogP) is 1.67. The third-order valence-corrected chi connectivity index (χ3v) is 4.43. The van der Waals surface area contributed by atoms with Crippen molar-refractivity contribution in [3.8, 4) is 10.6 Å². The smallest absolute Gasteiger partial charge is 0.263 e. The molecule has 1 saturated carbocycles. The van der Waals surface area contributed by atoms with Crippen LogP contribution in [0.2, 0.25) is 0 Å². The number of pyridine rings is 1. The molecule has 0 bridgehead atoms. The Hall–Kier alpha value is -1.79. The number of nitrogens with two attached hydrogens (primary N) is 1. The van der Waals surface area contributed by atoms with Crippen molar-refractivity contribution in [1.82, 2.24) is 15.3 Å². The highest BCUT2D eigenvalue weighted by Crippen LogP contribution is 2.31. The lowest BCUT2D eigenvalue weighted by Gasteiger charge is -2.10.